The van der Waals surface area contributed by atoms with Gasteiger partial charge in [-0.2, -0.15) is 0 Å². The van der Waals surface area contributed by atoms with E-state index in [1.165, 1.54) is 0 Å². The van der Waals surface area contributed by atoms with E-state index in [0.29, 0.717) is 18.8 Å². The van der Waals surface area contributed by atoms with Gasteiger partial charge in [-0.3, -0.25) is 14.5 Å². The van der Waals surface area contributed by atoms with Crippen LogP contribution in [0.5, 0.6) is 5.75 Å². The molecule has 7 nitrogen and oxygen atoms in total. The predicted molar refractivity (Wildman–Crippen MR) is 107 cm³/mol. The van der Waals surface area contributed by atoms with Gasteiger partial charge in [0.15, 0.2) is 0 Å². The van der Waals surface area contributed by atoms with Crippen LogP contribution in [-0.2, 0) is 9.59 Å². The van der Waals surface area contributed by atoms with E-state index in [2.05, 4.69) is 5.32 Å². The summed E-state index contributed by atoms with van der Waals surface area (Å²) in [6.45, 7) is -0.219. The molecule has 1 aromatic rings. The first-order valence-corrected chi connectivity index (χ1v) is 10.5. The molecule has 0 aromatic heterocycles. The van der Waals surface area contributed by atoms with E-state index >= 15 is 0 Å². The second-order valence-corrected chi connectivity index (χ2v) is 8.48. The van der Waals surface area contributed by atoms with E-state index in [9.17, 15) is 14.4 Å². The Morgan fingerprint density at radius 1 is 1.17 bits per heavy atom. The monoisotopic (exact) mass is 399 g/mol. The SMILES string of the molecule is COc1ccc([C@H](NC(=O)CN2C(=O)N(C)C3(CCCCC3)C2=O)C2CC2)cc1. The van der Waals surface area contributed by atoms with Gasteiger partial charge in [0.05, 0.1) is 13.2 Å². The Morgan fingerprint density at radius 2 is 1.83 bits per heavy atom. The van der Waals surface area contributed by atoms with Gasteiger partial charge in [-0.1, -0.05) is 31.4 Å². The number of imide groups is 1. The van der Waals surface area contributed by atoms with Gasteiger partial charge in [0, 0.05) is 7.05 Å². The normalized spacial score (nSPS) is 22.1. The van der Waals surface area contributed by atoms with Crippen molar-refractivity contribution in [2.75, 3.05) is 20.7 Å². The maximum Gasteiger partial charge on any atom is 0.327 e. The molecular weight excluding hydrogens is 370 g/mol. The van der Waals surface area contributed by atoms with Crippen molar-refractivity contribution >= 4 is 17.8 Å². The highest BCUT2D eigenvalue weighted by atomic mass is 16.5. The lowest BCUT2D eigenvalue weighted by Crippen LogP contribution is -2.49. The van der Waals surface area contributed by atoms with Gasteiger partial charge in [0.2, 0.25) is 5.91 Å². The van der Waals surface area contributed by atoms with Crippen LogP contribution in [0.2, 0.25) is 0 Å². The van der Waals surface area contributed by atoms with Crippen molar-refractivity contribution in [3.05, 3.63) is 29.8 Å². The van der Waals surface area contributed by atoms with Crippen molar-refractivity contribution < 1.29 is 19.1 Å². The van der Waals surface area contributed by atoms with Crippen LogP contribution in [-0.4, -0.2) is 53.9 Å². The number of amides is 4. The average molecular weight is 399 g/mol. The number of nitrogens with one attached hydrogen (secondary N) is 1. The molecule has 1 aliphatic heterocycles. The molecule has 1 saturated heterocycles. The number of methoxy groups -OCH3 is 1. The standard InChI is InChI=1S/C22H29N3O4/c1-24-21(28)25(20(27)22(24)12-4-3-5-13-22)14-18(26)23-19(15-6-7-15)16-8-10-17(29-2)11-9-16/h8-11,15,19H,3-7,12-14H2,1-2H3,(H,23,26)/t19-/m1/s1. The summed E-state index contributed by atoms with van der Waals surface area (Å²) in [5, 5.41) is 3.06. The maximum atomic E-state index is 13.1. The molecule has 7 heteroatoms. The number of hydrogen-bond acceptors (Lipinski definition) is 4. The van der Waals surface area contributed by atoms with Crippen molar-refractivity contribution in [3.8, 4) is 5.75 Å². The predicted octanol–water partition coefficient (Wildman–Crippen LogP) is 2.86. The van der Waals surface area contributed by atoms with Crippen molar-refractivity contribution in [3.63, 3.8) is 0 Å². The first-order valence-electron chi connectivity index (χ1n) is 10.5. The number of rotatable bonds is 6. The third kappa shape index (κ3) is 3.58. The molecule has 4 rings (SSSR count). The fourth-order valence-electron chi connectivity index (χ4n) is 4.75. The second-order valence-electron chi connectivity index (χ2n) is 8.48. The Morgan fingerprint density at radius 3 is 2.41 bits per heavy atom. The van der Waals surface area contributed by atoms with E-state index in [1.54, 1.807) is 19.1 Å². The van der Waals surface area contributed by atoms with Gasteiger partial charge in [0.25, 0.3) is 5.91 Å². The lowest BCUT2D eigenvalue weighted by atomic mass is 9.81. The van der Waals surface area contributed by atoms with Crippen molar-refractivity contribution in [1.82, 2.24) is 15.1 Å². The van der Waals surface area contributed by atoms with Gasteiger partial charge in [0.1, 0.15) is 17.8 Å². The highest BCUT2D eigenvalue weighted by Crippen LogP contribution is 2.42. The van der Waals surface area contributed by atoms with E-state index in [1.807, 2.05) is 24.3 Å². The molecule has 156 valence electrons. The van der Waals surface area contributed by atoms with E-state index in [4.69, 9.17) is 4.74 Å². The summed E-state index contributed by atoms with van der Waals surface area (Å²) in [4.78, 5) is 41.3. The second kappa shape index (κ2) is 7.69. The zero-order valence-electron chi connectivity index (χ0n) is 17.1. The van der Waals surface area contributed by atoms with Crippen LogP contribution in [0, 0.1) is 5.92 Å². The number of hydrogen-bond donors (Lipinski definition) is 1. The molecule has 1 atom stereocenters. The van der Waals surface area contributed by atoms with Crippen molar-refractivity contribution in [1.29, 1.82) is 0 Å². The summed E-state index contributed by atoms with van der Waals surface area (Å²) in [5.41, 5.74) is 0.267. The highest BCUT2D eigenvalue weighted by Gasteiger charge is 2.55. The molecule has 4 amide bonds. The fraction of sp³-hybridized carbons (Fsp3) is 0.591. The minimum Gasteiger partial charge on any atom is -0.497 e. The average Bonchev–Trinajstić information content (AvgIpc) is 3.58. The first-order chi connectivity index (χ1) is 14.0. The third-order valence-electron chi connectivity index (χ3n) is 6.67. The Bertz CT molecular complexity index is 797. The number of carbonyl (C=O) groups excluding carboxylic acids is 3. The third-order valence-corrected chi connectivity index (χ3v) is 6.67. The van der Waals surface area contributed by atoms with Gasteiger partial charge in [-0.25, -0.2) is 4.79 Å². The summed E-state index contributed by atoms with van der Waals surface area (Å²) in [6.07, 6.45) is 6.44. The van der Waals surface area contributed by atoms with E-state index in [-0.39, 0.29) is 30.4 Å². The molecule has 29 heavy (non-hydrogen) atoms. The fourth-order valence-corrected chi connectivity index (χ4v) is 4.75. The summed E-state index contributed by atoms with van der Waals surface area (Å²) < 4.78 is 5.21. The van der Waals surface area contributed by atoms with Crippen LogP contribution in [0.15, 0.2) is 24.3 Å². The molecule has 1 aromatic carbocycles. The van der Waals surface area contributed by atoms with Crippen LogP contribution >= 0.6 is 0 Å². The largest absolute Gasteiger partial charge is 0.497 e. The van der Waals surface area contributed by atoms with Gasteiger partial charge in [-0.05, 0) is 49.3 Å². The van der Waals surface area contributed by atoms with Crippen molar-refractivity contribution in [2.45, 2.75) is 56.5 Å². The Balaban J connectivity index is 1.45. The number of benzene rings is 1. The van der Waals surface area contributed by atoms with Crippen LogP contribution in [0.4, 0.5) is 4.79 Å². The van der Waals surface area contributed by atoms with Gasteiger partial charge >= 0.3 is 6.03 Å². The minimum absolute atomic E-state index is 0.109. The van der Waals surface area contributed by atoms with E-state index in [0.717, 1.165) is 48.3 Å². The van der Waals surface area contributed by atoms with Gasteiger partial charge in [-0.15, -0.1) is 0 Å². The van der Waals surface area contributed by atoms with Crippen molar-refractivity contribution in [2.24, 2.45) is 5.92 Å². The molecule has 1 N–H and O–H groups in total. The molecule has 0 bridgehead atoms. The first kappa shape index (κ1) is 19.7. The number of carbonyl (C=O) groups is 3. The molecule has 3 aliphatic rings. The summed E-state index contributed by atoms with van der Waals surface area (Å²) in [7, 11) is 3.31. The van der Waals surface area contributed by atoms with Gasteiger partial charge < -0.3 is 15.0 Å². The number of urea groups is 1. The topological polar surface area (TPSA) is 79.0 Å². The number of ether oxygens (including phenoxy) is 1. The molecule has 2 saturated carbocycles. The molecule has 2 aliphatic carbocycles. The summed E-state index contributed by atoms with van der Waals surface area (Å²) in [6, 6.07) is 7.21. The summed E-state index contributed by atoms with van der Waals surface area (Å²) >= 11 is 0. The highest BCUT2D eigenvalue weighted by molar-refractivity contribution is 6.09. The lowest BCUT2D eigenvalue weighted by Gasteiger charge is -2.35. The molecule has 3 fully saturated rings. The molecular formula is C22H29N3O4. The Labute approximate surface area is 171 Å². The number of nitrogens with zero attached hydrogens (tertiary/aromatic N) is 2. The van der Waals surface area contributed by atoms with Crippen LogP contribution < -0.4 is 10.1 Å². The molecule has 0 radical (unpaired) electrons. The Hall–Kier alpha value is -2.57. The van der Waals surface area contributed by atoms with E-state index < -0.39 is 5.54 Å². The zero-order valence-corrected chi connectivity index (χ0v) is 17.1. The molecule has 1 spiro atoms. The maximum absolute atomic E-state index is 13.1. The number of likely N-dealkylation sites (N-methyl/N-ethyl adjacent to an activating group) is 1. The summed E-state index contributed by atoms with van der Waals surface area (Å²) in [5.74, 6) is 0.654. The molecule has 1 heterocycles. The lowest BCUT2D eigenvalue weighted by molar-refractivity contribution is -0.137. The molecule has 0 unspecified atom stereocenters. The zero-order chi connectivity index (χ0) is 20.6. The van der Waals surface area contributed by atoms with Crippen LogP contribution in [0.25, 0.3) is 0 Å². The van der Waals surface area contributed by atoms with Crippen LogP contribution in [0.3, 0.4) is 0 Å². The Kier molecular flexibility index (Phi) is 5.23. The minimum atomic E-state index is -0.749. The quantitative estimate of drug-likeness (QED) is 0.746. The van der Waals surface area contributed by atoms with Crippen LogP contribution in [0.1, 0.15) is 56.6 Å². The smallest absolute Gasteiger partial charge is 0.327 e.